The number of ketones is 1. The van der Waals surface area contributed by atoms with Crippen LogP contribution in [0.15, 0.2) is 71.7 Å². The molecule has 0 heterocycles. The molecular weight excluding hydrogens is 484 g/mol. The molecule has 0 radical (unpaired) electrons. The lowest BCUT2D eigenvalue weighted by Gasteiger charge is -2.18. The molecule has 0 aromatic heterocycles. The number of anilines is 1. The van der Waals surface area contributed by atoms with Crippen LogP contribution >= 0.6 is 11.6 Å². The van der Waals surface area contributed by atoms with Crippen LogP contribution in [0.1, 0.15) is 48.0 Å². The van der Waals surface area contributed by atoms with E-state index < -0.39 is 6.04 Å². The summed E-state index contributed by atoms with van der Waals surface area (Å²) in [7, 11) is 3.99. The van der Waals surface area contributed by atoms with Crippen molar-refractivity contribution in [2.45, 2.75) is 44.6 Å². The standard InChI is InChI=1S/C30H37ClN4O2/c1-35(2)26-17-16-23-19-25(15-14-24(23)20-26)30(37)34-27(12-8-18-33-29(32)21-31)28(36)13-7-6-11-22-9-4-3-5-10-22/h3-5,9-10,14-17,19-20,27H,6-8,11-13,18,21H2,1-2H3,(H2,32,33)(H,34,37). The number of Topliss-reactive ketones (excluding diaryl/α,β-unsaturated/α-hetero) is 1. The van der Waals surface area contributed by atoms with Crippen molar-refractivity contribution in [3.8, 4) is 0 Å². The highest BCUT2D eigenvalue weighted by atomic mass is 35.5. The molecule has 0 fully saturated rings. The number of nitrogens with one attached hydrogen (secondary N) is 1. The molecule has 0 saturated carbocycles. The molecule has 0 saturated heterocycles. The number of fused-ring (bicyclic) bond motifs is 1. The second-order valence-electron chi connectivity index (χ2n) is 9.47. The minimum absolute atomic E-state index is 0.0483. The number of hydrogen-bond acceptors (Lipinski definition) is 4. The Morgan fingerprint density at radius 2 is 1.70 bits per heavy atom. The first-order valence-electron chi connectivity index (χ1n) is 12.8. The quantitative estimate of drug-likeness (QED) is 0.130. The number of carbonyl (C=O) groups excluding carboxylic acids is 2. The van der Waals surface area contributed by atoms with Crippen molar-refractivity contribution in [1.82, 2.24) is 5.32 Å². The SMILES string of the molecule is CN(C)c1ccc2cc(C(=O)NC(CCCN=C(N)CCl)C(=O)CCCCc3ccccc3)ccc2c1. The predicted octanol–water partition coefficient (Wildman–Crippen LogP) is 5.36. The number of rotatable bonds is 14. The minimum Gasteiger partial charge on any atom is -0.386 e. The number of nitrogens with zero attached hydrogens (tertiary/aromatic N) is 2. The van der Waals surface area contributed by atoms with E-state index in [1.807, 2.05) is 67.5 Å². The number of amidine groups is 1. The van der Waals surface area contributed by atoms with Crippen LogP contribution in [0.3, 0.4) is 0 Å². The Hall–Kier alpha value is -3.38. The van der Waals surface area contributed by atoms with E-state index in [1.165, 1.54) is 5.56 Å². The van der Waals surface area contributed by atoms with Gasteiger partial charge in [0, 0.05) is 38.3 Å². The molecule has 1 atom stereocenters. The van der Waals surface area contributed by atoms with Gasteiger partial charge in [-0.15, -0.1) is 11.6 Å². The van der Waals surface area contributed by atoms with E-state index in [-0.39, 0.29) is 17.6 Å². The predicted molar refractivity (Wildman–Crippen MR) is 155 cm³/mol. The zero-order valence-corrected chi connectivity index (χ0v) is 22.5. The molecule has 0 aliphatic heterocycles. The van der Waals surface area contributed by atoms with Gasteiger partial charge in [-0.3, -0.25) is 14.6 Å². The zero-order valence-electron chi connectivity index (χ0n) is 21.8. The average Bonchev–Trinajstić information content (AvgIpc) is 2.92. The van der Waals surface area contributed by atoms with Gasteiger partial charge in [0.1, 0.15) is 5.84 Å². The summed E-state index contributed by atoms with van der Waals surface area (Å²) in [5.74, 6) is 0.360. The lowest BCUT2D eigenvalue weighted by Crippen LogP contribution is -2.41. The van der Waals surface area contributed by atoms with Gasteiger partial charge in [-0.2, -0.15) is 0 Å². The number of aliphatic imine (C=N–C) groups is 1. The van der Waals surface area contributed by atoms with Gasteiger partial charge in [0.2, 0.25) is 0 Å². The molecular formula is C30H37ClN4O2. The molecule has 0 aliphatic carbocycles. The molecule has 3 N–H and O–H groups in total. The van der Waals surface area contributed by atoms with Gasteiger partial charge in [0.25, 0.3) is 5.91 Å². The highest BCUT2D eigenvalue weighted by molar-refractivity contribution is 6.27. The summed E-state index contributed by atoms with van der Waals surface area (Å²) in [5.41, 5.74) is 8.59. The first-order chi connectivity index (χ1) is 17.9. The average molecular weight is 521 g/mol. The summed E-state index contributed by atoms with van der Waals surface area (Å²) < 4.78 is 0. The van der Waals surface area contributed by atoms with E-state index in [2.05, 4.69) is 28.5 Å². The van der Waals surface area contributed by atoms with Crippen LogP contribution in [0.25, 0.3) is 10.8 Å². The molecule has 6 nitrogen and oxygen atoms in total. The fourth-order valence-electron chi connectivity index (χ4n) is 4.22. The Bertz CT molecular complexity index is 1210. The molecule has 7 heteroatoms. The van der Waals surface area contributed by atoms with Gasteiger partial charge in [0.15, 0.2) is 5.78 Å². The Balaban J connectivity index is 1.63. The maximum atomic E-state index is 13.1. The van der Waals surface area contributed by atoms with Crippen molar-refractivity contribution in [1.29, 1.82) is 0 Å². The lowest BCUT2D eigenvalue weighted by atomic mass is 9.99. The van der Waals surface area contributed by atoms with Gasteiger partial charge in [-0.25, -0.2) is 0 Å². The van der Waals surface area contributed by atoms with Gasteiger partial charge in [0.05, 0.1) is 11.9 Å². The molecule has 3 aromatic carbocycles. The van der Waals surface area contributed by atoms with Crippen molar-refractivity contribution in [3.63, 3.8) is 0 Å². The summed E-state index contributed by atoms with van der Waals surface area (Å²) in [6, 6.07) is 21.4. The van der Waals surface area contributed by atoms with E-state index in [9.17, 15) is 9.59 Å². The van der Waals surface area contributed by atoms with Crippen LogP contribution < -0.4 is 16.0 Å². The second kappa shape index (κ2) is 14.4. The van der Waals surface area contributed by atoms with Crippen molar-refractivity contribution < 1.29 is 9.59 Å². The maximum Gasteiger partial charge on any atom is 0.251 e. The number of amides is 1. The molecule has 196 valence electrons. The molecule has 1 amide bonds. The molecule has 0 bridgehead atoms. The number of carbonyl (C=O) groups is 2. The summed E-state index contributed by atoms with van der Waals surface area (Å²) >= 11 is 5.69. The number of unbranched alkanes of at least 4 members (excludes halogenated alkanes) is 1. The minimum atomic E-state index is -0.566. The van der Waals surface area contributed by atoms with Gasteiger partial charge in [-0.1, -0.05) is 42.5 Å². The lowest BCUT2D eigenvalue weighted by molar-refractivity contribution is -0.121. The van der Waals surface area contributed by atoms with Crippen LogP contribution in [0.2, 0.25) is 0 Å². The molecule has 0 aliphatic rings. The van der Waals surface area contributed by atoms with Gasteiger partial charge < -0.3 is 16.0 Å². The molecule has 0 spiro atoms. The topological polar surface area (TPSA) is 87.8 Å². The summed E-state index contributed by atoms with van der Waals surface area (Å²) in [5, 5.41) is 5.02. The van der Waals surface area contributed by atoms with Gasteiger partial charge >= 0.3 is 0 Å². The third-order valence-electron chi connectivity index (χ3n) is 6.38. The normalized spacial score (nSPS) is 12.4. The Labute approximate surface area is 224 Å². The number of hydrogen-bond donors (Lipinski definition) is 2. The maximum absolute atomic E-state index is 13.1. The van der Waals surface area contributed by atoms with Crippen LogP contribution in [-0.4, -0.2) is 50.1 Å². The third-order valence-corrected chi connectivity index (χ3v) is 6.65. The number of nitrogens with two attached hydrogens (primary N) is 1. The second-order valence-corrected chi connectivity index (χ2v) is 9.74. The molecule has 3 aromatic rings. The van der Waals surface area contributed by atoms with E-state index in [0.29, 0.717) is 37.2 Å². The van der Waals surface area contributed by atoms with Crippen LogP contribution in [0.4, 0.5) is 5.69 Å². The largest absolute Gasteiger partial charge is 0.386 e. The summed E-state index contributed by atoms with van der Waals surface area (Å²) in [4.78, 5) is 32.5. The van der Waals surface area contributed by atoms with Crippen LogP contribution in [0, 0.1) is 0 Å². The van der Waals surface area contributed by atoms with Crippen LogP contribution in [0.5, 0.6) is 0 Å². The van der Waals surface area contributed by atoms with Gasteiger partial charge in [-0.05, 0) is 72.7 Å². The fraction of sp³-hybridized carbons (Fsp3) is 0.367. The monoisotopic (exact) mass is 520 g/mol. The highest BCUT2D eigenvalue weighted by Crippen LogP contribution is 2.22. The number of alkyl halides is 1. The first-order valence-corrected chi connectivity index (χ1v) is 13.3. The number of aryl methyl sites for hydroxylation is 1. The van der Waals surface area contributed by atoms with Crippen molar-refractivity contribution in [3.05, 3.63) is 77.9 Å². The van der Waals surface area contributed by atoms with Crippen molar-refractivity contribution in [2.24, 2.45) is 10.7 Å². The number of halogens is 1. The Morgan fingerprint density at radius 3 is 2.43 bits per heavy atom. The summed E-state index contributed by atoms with van der Waals surface area (Å²) in [6.07, 6.45) is 4.19. The summed E-state index contributed by atoms with van der Waals surface area (Å²) in [6.45, 7) is 0.469. The van der Waals surface area contributed by atoms with E-state index in [1.54, 1.807) is 0 Å². The van der Waals surface area contributed by atoms with Crippen molar-refractivity contribution in [2.75, 3.05) is 31.4 Å². The molecule has 1 unspecified atom stereocenters. The smallest absolute Gasteiger partial charge is 0.251 e. The fourth-order valence-corrected chi connectivity index (χ4v) is 4.30. The highest BCUT2D eigenvalue weighted by Gasteiger charge is 2.21. The molecule has 37 heavy (non-hydrogen) atoms. The first kappa shape index (κ1) is 28.2. The zero-order chi connectivity index (χ0) is 26.6. The Morgan fingerprint density at radius 1 is 0.973 bits per heavy atom. The van der Waals surface area contributed by atoms with Crippen molar-refractivity contribution >= 4 is 45.6 Å². The van der Waals surface area contributed by atoms with E-state index in [4.69, 9.17) is 17.3 Å². The molecule has 3 rings (SSSR count). The van der Waals surface area contributed by atoms with Crippen LogP contribution in [-0.2, 0) is 11.2 Å². The number of benzene rings is 3. The Kier molecular flexibility index (Phi) is 11.0. The van der Waals surface area contributed by atoms with E-state index >= 15 is 0 Å². The third kappa shape index (κ3) is 8.90. The van der Waals surface area contributed by atoms with E-state index in [0.717, 1.165) is 35.7 Å².